The number of alkyl carbamates (subject to hydrolysis) is 1. The number of carbonyl (C=O) groups is 1. The maximum Gasteiger partial charge on any atom is 0.408 e. The van der Waals surface area contributed by atoms with Gasteiger partial charge in [-0.25, -0.2) is 4.79 Å². The van der Waals surface area contributed by atoms with Crippen molar-refractivity contribution in [3.8, 4) is 0 Å². The highest BCUT2D eigenvalue weighted by Crippen LogP contribution is 2.63. The molecule has 0 aliphatic carbocycles. The lowest BCUT2D eigenvalue weighted by atomic mass is 10.1. The summed E-state index contributed by atoms with van der Waals surface area (Å²) in [5.41, 5.74) is 3.19. The van der Waals surface area contributed by atoms with Gasteiger partial charge in [0.2, 0.25) is 0 Å². The van der Waals surface area contributed by atoms with Gasteiger partial charge in [0.05, 0.1) is 6.61 Å². The maximum absolute atomic E-state index is 14.7. The van der Waals surface area contributed by atoms with Crippen LogP contribution in [0.2, 0.25) is 0 Å². The van der Waals surface area contributed by atoms with E-state index in [-0.39, 0.29) is 19.6 Å². The molecule has 7 heteroatoms. The minimum Gasteiger partial charge on any atom is -0.445 e. The third-order valence-corrected chi connectivity index (χ3v) is 8.94. The van der Waals surface area contributed by atoms with Crippen molar-refractivity contribution in [2.45, 2.75) is 37.7 Å². The number of nitrogens with one attached hydrogen (secondary N) is 1. The van der Waals surface area contributed by atoms with Crippen LogP contribution in [0, 0.1) is 0 Å². The van der Waals surface area contributed by atoms with Crippen LogP contribution in [-0.4, -0.2) is 17.0 Å². The molecule has 38 heavy (non-hydrogen) atoms. The number of benzene rings is 4. The van der Waals surface area contributed by atoms with E-state index in [0.29, 0.717) is 12.0 Å². The quantitative estimate of drug-likeness (QED) is 0.192. The van der Waals surface area contributed by atoms with E-state index in [9.17, 15) is 14.5 Å². The van der Waals surface area contributed by atoms with E-state index in [4.69, 9.17) is 9.26 Å². The molecule has 196 valence electrons. The third-order valence-electron chi connectivity index (χ3n) is 6.17. The molecule has 0 aliphatic heterocycles. The maximum atomic E-state index is 14.7. The number of hydrogen-bond acceptors (Lipinski definition) is 5. The third kappa shape index (κ3) is 7.65. The van der Waals surface area contributed by atoms with Crippen molar-refractivity contribution < 1.29 is 23.7 Å². The predicted molar refractivity (Wildman–Crippen MR) is 149 cm³/mol. The minimum absolute atomic E-state index is 0.0184. The summed E-state index contributed by atoms with van der Waals surface area (Å²) in [6, 6.07) is 37.2. The Hall–Kier alpha value is -3.70. The van der Waals surface area contributed by atoms with Gasteiger partial charge >= 0.3 is 6.09 Å². The summed E-state index contributed by atoms with van der Waals surface area (Å²) in [5, 5.41) is 14.1. The van der Waals surface area contributed by atoms with Crippen LogP contribution in [0.5, 0.6) is 0 Å². The average Bonchev–Trinajstić information content (AvgIpc) is 2.98. The van der Waals surface area contributed by atoms with E-state index in [1.165, 1.54) is 0 Å². The number of aliphatic hydroxyl groups excluding tert-OH is 1. The first-order valence-corrected chi connectivity index (χ1v) is 14.3. The Morgan fingerprint density at radius 2 is 1.18 bits per heavy atom. The van der Waals surface area contributed by atoms with Crippen LogP contribution in [0.15, 0.2) is 121 Å². The minimum atomic E-state index is -3.95. The Labute approximate surface area is 223 Å². The van der Waals surface area contributed by atoms with Crippen LogP contribution in [0.4, 0.5) is 4.79 Å². The SMILES string of the molecule is O=C(NC(c1ccccc1)P(=O)(OCc1ccccc1)C(O)CCc1ccccc1)OCc1ccccc1. The van der Waals surface area contributed by atoms with Gasteiger partial charge < -0.3 is 19.7 Å². The van der Waals surface area contributed by atoms with Crippen molar-refractivity contribution in [3.63, 3.8) is 0 Å². The van der Waals surface area contributed by atoms with Crippen molar-refractivity contribution in [3.05, 3.63) is 144 Å². The second-order valence-corrected chi connectivity index (χ2v) is 11.6. The van der Waals surface area contributed by atoms with Crippen molar-refractivity contribution in [1.82, 2.24) is 5.32 Å². The number of ether oxygens (including phenoxy) is 1. The first-order valence-electron chi connectivity index (χ1n) is 12.6. The van der Waals surface area contributed by atoms with Crippen molar-refractivity contribution in [2.24, 2.45) is 0 Å². The highest BCUT2D eigenvalue weighted by Gasteiger charge is 2.43. The lowest BCUT2D eigenvalue weighted by molar-refractivity contribution is 0.135. The van der Waals surface area contributed by atoms with E-state index in [1.807, 2.05) is 97.1 Å². The summed E-state index contributed by atoms with van der Waals surface area (Å²) in [6.45, 7) is 0.0739. The molecule has 3 unspecified atom stereocenters. The molecule has 6 nitrogen and oxygen atoms in total. The predicted octanol–water partition coefficient (Wildman–Crippen LogP) is 7.06. The van der Waals surface area contributed by atoms with Crippen LogP contribution in [0.3, 0.4) is 0 Å². The Kier molecular flexibility index (Phi) is 9.88. The van der Waals surface area contributed by atoms with Gasteiger partial charge in [0.15, 0.2) is 0 Å². The Balaban J connectivity index is 1.59. The molecule has 0 saturated heterocycles. The van der Waals surface area contributed by atoms with E-state index < -0.39 is 25.1 Å². The van der Waals surface area contributed by atoms with Crippen LogP contribution >= 0.6 is 7.37 Å². The second kappa shape index (κ2) is 13.7. The highest BCUT2D eigenvalue weighted by atomic mass is 31.2. The van der Waals surface area contributed by atoms with Gasteiger partial charge in [0.1, 0.15) is 18.2 Å². The van der Waals surface area contributed by atoms with Gasteiger partial charge in [-0.05, 0) is 35.1 Å². The number of aliphatic hydroxyl groups is 1. The zero-order valence-electron chi connectivity index (χ0n) is 21.1. The fourth-order valence-electron chi connectivity index (χ4n) is 4.10. The number of carbonyl (C=O) groups excluding carboxylic acids is 1. The van der Waals surface area contributed by atoms with Crippen molar-refractivity contribution >= 4 is 13.5 Å². The molecular formula is C31H32NO5P. The molecule has 0 saturated carbocycles. The van der Waals surface area contributed by atoms with Gasteiger partial charge in [-0.3, -0.25) is 4.57 Å². The summed E-state index contributed by atoms with van der Waals surface area (Å²) in [7, 11) is -3.95. The fourth-order valence-corrected chi connectivity index (χ4v) is 6.47. The van der Waals surface area contributed by atoms with Gasteiger partial charge in [-0.15, -0.1) is 0 Å². The summed E-state index contributed by atoms with van der Waals surface area (Å²) < 4.78 is 26.2. The number of hydrogen-bond donors (Lipinski definition) is 2. The summed E-state index contributed by atoms with van der Waals surface area (Å²) in [5.74, 6) is -2.44. The largest absolute Gasteiger partial charge is 0.445 e. The first-order chi connectivity index (χ1) is 18.5. The second-order valence-electron chi connectivity index (χ2n) is 8.93. The zero-order valence-corrected chi connectivity index (χ0v) is 22.0. The van der Waals surface area contributed by atoms with E-state index in [1.54, 1.807) is 24.3 Å². The highest BCUT2D eigenvalue weighted by molar-refractivity contribution is 7.59. The molecule has 4 rings (SSSR count). The van der Waals surface area contributed by atoms with Crippen LogP contribution in [0.1, 0.15) is 34.5 Å². The molecule has 4 aromatic carbocycles. The van der Waals surface area contributed by atoms with Crippen LogP contribution < -0.4 is 5.32 Å². The number of amides is 1. The molecule has 1 amide bonds. The first kappa shape index (κ1) is 27.3. The van der Waals surface area contributed by atoms with E-state index in [2.05, 4.69) is 5.32 Å². The lowest BCUT2D eigenvalue weighted by Crippen LogP contribution is -2.32. The van der Waals surface area contributed by atoms with Gasteiger partial charge in [0, 0.05) is 0 Å². The normalized spacial score (nSPS) is 14.1. The number of aryl methyl sites for hydroxylation is 1. The summed E-state index contributed by atoms with van der Waals surface area (Å²) in [4.78, 5) is 12.9. The Morgan fingerprint density at radius 1 is 0.711 bits per heavy atom. The molecule has 0 aliphatic rings. The molecule has 0 heterocycles. The smallest absolute Gasteiger partial charge is 0.408 e. The molecule has 0 fully saturated rings. The topological polar surface area (TPSA) is 84.9 Å². The van der Waals surface area contributed by atoms with Crippen LogP contribution in [0.25, 0.3) is 0 Å². The number of rotatable bonds is 12. The van der Waals surface area contributed by atoms with Gasteiger partial charge in [-0.2, -0.15) is 0 Å². The van der Waals surface area contributed by atoms with Gasteiger partial charge in [-0.1, -0.05) is 121 Å². The molecule has 3 atom stereocenters. The fraction of sp³-hybridized carbons (Fsp3) is 0.194. The Morgan fingerprint density at radius 3 is 1.74 bits per heavy atom. The molecule has 2 N–H and O–H groups in total. The Bertz CT molecular complexity index is 1300. The van der Waals surface area contributed by atoms with Crippen molar-refractivity contribution in [1.29, 1.82) is 0 Å². The van der Waals surface area contributed by atoms with Gasteiger partial charge in [0.25, 0.3) is 7.37 Å². The zero-order chi connectivity index (χ0) is 26.6. The molecule has 4 aromatic rings. The molecular weight excluding hydrogens is 497 g/mol. The molecule has 0 spiro atoms. The van der Waals surface area contributed by atoms with Crippen LogP contribution in [-0.2, 0) is 33.5 Å². The van der Waals surface area contributed by atoms with E-state index in [0.717, 1.165) is 16.7 Å². The molecule has 0 aromatic heterocycles. The monoisotopic (exact) mass is 529 g/mol. The van der Waals surface area contributed by atoms with E-state index >= 15 is 0 Å². The standard InChI is InChI=1S/C31H32NO5P/c33-29(22-21-25-13-5-1-6-14-25)38(35,37-24-27-17-9-3-10-18-27)30(28-19-11-4-12-20-28)32-31(34)36-23-26-15-7-2-8-16-26/h1-20,29-30,33H,21-24H2,(H,32,34). The molecule has 0 radical (unpaired) electrons. The average molecular weight is 530 g/mol. The summed E-state index contributed by atoms with van der Waals surface area (Å²) in [6.07, 6.45) is -0.0534. The lowest BCUT2D eigenvalue weighted by Gasteiger charge is -2.32. The molecule has 0 bridgehead atoms. The summed E-state index contributed by atoms with van der Waals surface area (Å²) >= 11 is 0. The van der Waals surface area contributed by atoms with Crippen molar-refractivity contribution in [2.75, 3.05) is 0 Å².